The zero-order valence-corrected chi connectivity index (χ0v) is 18.1. The molecule has 0 aromatic heterocycles. The first-order chi connectivity index (χ1) is 13.6. The number of benzene rings is 1. The molecule has 0 radical (unpaired) electrons. The van der Waals surface area contributed by atoms with Gasteiger partial charge in [0.05, 0.1) is 16.8 Å². The Hall–Kier alpha value is -1.44. The maximum Gasteiger partial charge on any atom is 0.226 e. The summed E-state index contributed by atoms with van der Waals surface area (Å²) in [4.78, 5) is 13.2. The van der Waals surface area contributed by atoms with E-state index in [4.69, 9.17) is 0 Å². The fraction of sp³-hybridized carbons (Fsp3) is 0.682. The van der Waals surface area contributed by atoms with Crippen molar-refractivity contribution in [1.29, 1.82) is 0 Å². The zero-order valence-electron chi connectivity index (χ0n) is 17.3. The smallest absolute Gasteiger partial charge is 0.226 e. The topological polar surface area (TPSA) is 95.5 Å². The van der Waals surface area contributed by atoms with Crippen molar-refractivity contribution in [3.8, 4) is 0 Å². The van der Waals surface area contributed by atoms with E-state index < -0.39 is 21.0 Å². The number of rotatable bonds is 7. The second-order valence-corrected chi connectivity index (χ2v) is 11.7. The Morgan fingerprint density at radius 3 is 2.34 bits per heavy atom. The molecule has 7 heteroatoms. The standard InChI is InChI=1S/C22H32N2O4S/c1-15(2)24-29(27,28)13-19-6-4-3-5-18(19)12-23-20(25)21-8-16-7-17(9-21)11-22(26,10-16)14-21/h3-6,15-17,24,26H,7-14H2,1-2H3,(H,23,25)/t16-,17-,21?,22?/m1/s1. The lowest BCUT2D eigenvalue weighted by Gasteiger charge is -2.59. The molecule has 1 amide bonds. The molecule has 160 valence electrons. The largest absolute Gasteiger partial charge is 0.390 e. The summed E-state index contributed by atoms with van der Waals surface area (Å²) < 4.78 is 27.3. The Balaban J connectivity index is 1.45. The minimum Gasteiger partial charge on any atom is -0.390 e. The molecule has 0 heterocycles. The maximum absolute atomic E-state index is 13.2. The number of nitrogens with one attached hydrogen (secondary N) is 2. The van der Waals surface area contributed by atoms with Gasteiger partial charge < -0.3 is 10.4 Å². The molecule has 6 nitrogen and oxygen atoms in total. The number of hydrogen-bond acceptors (Lipinski definition) is 4. The predicted octanol–water partition coefficient (Wildman–Crippen LogP) is 2.46. The number of aliphatic hydroxyl groups is 1. The van der Waals surface area contributed by atoms with Gasteiger partial charge in [0, 0.05) is 12.6 Å². The van der Waals surface area contributed by atoms with Gasteiger partial charge in [0.15, 0.2) is 0 Å². The predicted molar refractivity (Wildman–Crippen MR) is 111 cm³/mol. The summed E-state index contributed by atoms with van der Waals surface area (Å²) in [6.45, 7) is 3.90. The molecule has 3 N–H and O–H groups in total. The minimum atomic E-state index is -3.44. The first-order valence-corrected chi connectivity index (χ1v) is 12.3. The van der Waals surface area contributed by atoms with E-state index in [-0.39, 0.29) is 17.7 Å². The first kappa shape index (κ1) is 20.8. The second kappa shape index (κ2) is 7.36. The van der Waals surface area contributed by atoms with Gasteiger partial charge in [-0.1, -0.05) is 24.3 Å². The van der Waals surface area contributed by atoms with E-state index in [1.165, 1.54) is 0 Å². The van der Waals surface area contributed by atoms with Crippen LogP contribution in [0.3, 0.4) is 0 Å². The Labute approximate surface area is 173 Å². The molecule has 29 heavy (non-hydrogen) atoms. The molecule has 2 atom stereocenters. The quantitative estimate of drug-likeness (QED) is 0.631. The highest BCUT2D eigenvalue weighted by Gasteiger charge is 2.60. The molecule has 0 aliphatic heterocycles. The molecule has 4 aliphatic carbocycles. The van der Waals surface area contributed by atoms with E-state index in [9.17, 15) is 18.3 Å². The molecule has 4 aliphatic rings. The first-order valence-electron chi connectivity index (χ1n) is 10.7. The van der Waals surface area contributed by atoms with Crippen LogP contribution in [0.5, 0.6) is 0 Å². The third kappa shape index (κ3) is 4.37. The fourth-order valence-corrected chi connectivity index (χ4v) is 7.81. The second-order valence-electron chi connectivity index (χ2n) is 9.95. The normalized spacial score (nSPS) is 33.2. The monoisotopic (exact) mass is 420 g/mol. The minimum absolute atomic E-state index is 0.0167. The maximum atomic E-state index is 13.2. The van der Waals surface area contributed by atoms with Crippen LogP contribution >= 0.6 is 0 Å². The van der Waals surface area contributed by atoms with Crippen LogP contribution < -0.4 is 10.0 Å². The van der Waals surface area contributed by atoms with Crippen LogP contribution in [-0.4, -0.2) is 31.1 Å². The van der Waals surface area contributed by atoms with E-state index in [2.05, 4.69) is 10.0 Å². The Kier molecular flexibility index (Phi) is 5.28. The molecule has 0 unspecified atom stereocenters. The van der Waals surface area contributed by atoms with Gasteiger partial charge in [0.2, 0.25) is 15.9 Å². The van der Waals surface area contributed by atoms with Crippen molar-refractivity contribution >= 4 is 15.9 Å². The summed E-state index contributed by atoms with van der Waals surface area (Å²) in [5.41, 5.74) is 0.387. The van der Waals surface area contributed by atoms with Gasteiger partial charge in [0.25, 0.3) is 0 Å². The average molecular weight is 421 g/mol. The lowest BCUT2D eigenvalue weighted by molar-refractivity contribution is -0.178. The van der Waals surface area contributed by atoms with Crippen molar-refractivity contribution in [2.45, 2.75) is 76.3 Å². The van der Waals surface area contributed by atoms with Gasteiger partial charge in [-0.2, -0.15) is 0 Å². The van der Waals surface area contributed by atoms with Crippen molar-refractivity contribution < 1.29 is 18.3 Å². The van der Waals surface area contributed by atoms with Crippen molar-refractivity contribution in [2.75, 3.05) is 0 Å². The van der Waals surface area contributed by atoms with Crippen LogP contribution in [0.15, 0.2) is 24.3 Å². The highest BCUT2D eigenvalue weighted by atomic mass is 32.2. The van der Waals surface area contributed by atoms with Crippen LogP contribution in [0, 0.1) is 17.3 Å². The van der Waals surface area contributed by atoms with Crippen LogP contribution in [0.4, 0.5) is 0 Å². The van der Waals surface area contributed by atoms with E-state index in [0.29, 0.717) is 30.4 Å². The summed E-state index contributed by atoms with van der Waals surface area (Å²) in [7, 11) is -3.44. The van der Waals surface area contributed by atoms with Crippen LogP contribution in [0.2, 0.25) is 0 Å². The van der Waals surface area contributed by atoms with Crippen molar-refractivity contribution in [2.24, 2.45) is 17.3 Å². The van der Waals surface area contributed by atoms with E-state index >= 15 is 0 Å². The van der Waals surface area contributed by atoms with E-state index in [1.54, 1.807) is 19.9 Å². The number of carbonyl (C=O) groups excluding carboxylic acids is 1. The molecule has 5 rings (SSSR count). The Morgan fingerprint density at radius 2 is 1.76 bits per heavy atom. The zero-order chi connectivity index (χ0) is 20.9. The fourth-order valence-electron chi connectivity index (χ4n) is 6.32. The van der Waals surface area contributed by atoms with Crippen LogP contribution in [0.1, 0.15) is 63.5 Å². The highest BCUT2D eigenvalue weighted by molar-refractivity contribution is 7.88. The molecular weight excluding hydrogens is 388 g/mol. The molecule has 4 bridgehead atoms. The summed E-state index contributed by atoms with van der Waals surface area (Å²) >= 11 is 0. The third-order valence-corrected chi connectivity index (χ3v) is 8.35. The van der Waals surface area contributed by atoms with E-state index in [0.717, 1.165) is 37.7 Å². The average Bonchev–Trinajstić information content (AvgIpc) is 2.57. The van der Waals surface area contributed by atoms with Crippen molar-refractivity contribution in [3.63, 3.8) is 0 Å². The molecular formula is C22H32N2O4S. The Morgan fingerprint density at radius 1 is 1.14 bits per heavy atom. The highest BCUT2D eigenvalue weighted by Crippen LogP contribution is 2.61. The number of carbonyl (C=O) groups is 1. The molecule has 0 spiro atoms. The lowest BCUT2D eigenvalue weighted by Crippen LogP contribution is -2.60. The molecule has 1 aromatic carbocycles. The van der Waals surface area contributed by atoms with Crippen molar-refractivity contribution in [3.05, 3.63) is 35.4 Å². The van der Waals surface area contributed by atoms with Gasteiger partial charge >= 0.3 is 0 Å². The molecule has 4 saturated carbocycles. The van der Waals surface area contributed by atoms with Gasteiger partial charge in [-0.15, -0.1) is 0 Å². The summed E-state index contributed by atoms with van der Waals surface area (Å²) in [5.74, 6) is 0.813. The van der Waals surface area contributed by atoms with Gasteiger partial charge in [-0.3, -0.25) is 4.79 Å². The summed E-state index contributed by atoms with van der Waals surface area (Å²) in [6.07, 6.45) is 5.11. The van der Waals surface area contributed by atoms with Gasteiger partial charge in [-0.25, -0.2) is 13.1 Å². The number of amides is 1. The van der Waals surface area contributed by atoms with Gasteiger partial charge in [0.1, 0.15) is 0 Å². The molecule has 0 saturated heterocycles. The summed E-state index contributed by atoms with van der Waals surface area (Å²) in [6, 6.07) is 7.19. The molecule has 1 aromatic rings. The lowest BCUT2D eigenvalue weighted by atomic mass is 9.47. The van der Waals surface area contributed by atoms with Crippen LogP contribution in [0.25, 0.3) is 0 Å². The summed E-state index contributed by atoms with van der Waals surface area (Å²) in [5, 5.41) is 14.0. The SMILES string of the molecule is CC(C)NS(=O)(=O)Cc1ccccc1CNC(=O)C12C[C@H]3C[C@@H](CC(O)(C3)C1)C2. The number of hydrogen-bond donors (Lipinski definition) is 3. The number of sulfonamides is 1. The Bertz CT molecular complexity index is 882. The van der Waals surface area contributed by atoms with Crippen molar-refractivity contribution in [1.82, 2.24) is 10.0 Å². The molecule has 4 fully saturated rings. The van der Waals surface area contributed by atoms with E-state index in [1.807, 2.05) is 18.2 Å². The third-order valence-electron chi connectivity index (χ3n) is 6.83. The van der Waals surface area contributed by atoms with Gasteiger partial charge in [-0.05, 0) is 75.3 Å². The van der Waals surface area contributed by atoms with Crippen LogP contribution in [-0.2, 0) is 27.1 Å².